The number of ether oxygens (including phenoxy) is 1. The van der Waals surface area contributed by atoms with Gasteiger partial charge in [0.05, 0.1) is 12.0 Å². The van der Waals surface area contributed by atoms with Crippen molar-refractivity contribution in [3.05, 3.63) is 71.8 Å². The van der Waals surface area contributed by atoms with E-state index in [0.29, 0.717) is 12.5 Å². The summed E-state index contributed by atoms with van der Waals surface area (Å²) in [6, 6.07) is 22.3. The summed E-state index contributed by atoms with van der Waals surface area (Å²) in [6.45, 7) is 3.54. The summed E-state index contributed by atoms with van der Waals surface area (Å²) < 4.78 is 6.42. The summed E-state index contributed by atoms with van der Waals surface area (Å²) >= 11 is 0. The second kappa shape index (κ2) is 9.13. The number of nitrogens with zero attached hydrogens (tertiary/aromatic N) is 2. The molecule has 2 aromatic carbocycles. The molecule has 1 saturated carbocycles. The van der Waals surface area contributed by atoms with Crippen molar-refractivity contribution in [1.29, 1.82) is 0 Å². The Labute approximate surface area is 186 Å². The fraction of sp³-hybridized carbons (Fsp3) is 0.519. The van der Waals surface area contributed by atoms with E-state index < -0.39 is 0 Å². The van der Waals surface area contributed by atoms with Crippen LogP contribution < -0.4 is 0 Å². The highest BCUT2D eigenvalue weighted by Gasteiger charge is 2.44. The molecule has 1 aliphatic carbocycles. The molecule has 1 atom stereocenters. The lowest BCUT2D eigenvalue weighted by Gasteiger charge is -2.48. The quantitative estimate of drug-likeness (QED) is 0.696. The van der Waals surface area contributed by atoms with Gasteiger partial charge >= 0.3 is 0 Å². The lowest BCUT2D eigenvalue weighted by atomic mass is 9.81. The molecule has 0 radical (unpaired) electrons. The van der Waals surface area contributed by atoms with Gasteiger partial charge in [-0.05, 0) is 49.7 Å². The van der Waals surface area contributed by atoms with Crippen LogP contribution in [-0.4, -0.2) is 53.1 Å². The van der Waals surface area contributed by atoms with Gasteiger partial charge in [-0.2, -0.15) is 0 Å². The molecule has 2 saturated heterocycles. The molecule has 4 heteroatoms. The minimum atomic E-state index is -0.0454. The number of likely N-dealkylation sites (tertiary alicyclic amines) is 1. The number of amides is 1. The van der Waals surface area contributed by atoms with Crippen LogP contribution in [0.4, 0.5) is 0 Å². The van der Waals surface area contributed by atoms with E-state index in [0.717, 1.165) is 63.5 Å². The van der Waals surface area contributed by atoms with E-state index >= 15 is 0 Å². The van der Waals surface area contributed by atoms with Crippen molar-refractivity contribution in [3.63, 3.8) is 0 Å². The van der Waals surface area contributed by atoms with Gasteiger partial charge in [-0.15, -0.1) is 0 Å². The highest BCUT2D eigenvalue weighted by Crippen LogP contribution is 2.40. The molecule has 1 amide bonds. The van der Waals surface area contributed by atoms with Crippen molar-refractivity contribution >= 4 is 5.91 Å². The van der Waals surface area contributed by atoms with Gasteiger partial charge in [0.1, 0.15) is 0 Å². The zero-order chi connectivity index (χ0) is 21.1. The van der Waals surface area contributed by atoms with E-state index in [9.17, 15) is 4.79 Å². The van der Waals surface area contributed by atoms with Crippen LogP contribution in [0.15, 0.2) is 60.7 Å². The predicted octanol–water partition coefficient (Wildman–Crippen LogP) is 4.43. The van der Waals surface area contributed by atoms with Crippen molar-refractivity contribution in [2.24, 2.45) is 0 Å². The molecule has 2 heterocycles. The molecule has 1 spiro atoms. The third kappa shape index (κ3) is 5.02. The fourth-order valence-electron chi connectivity index (χ4n) is 5.44. The Morgan fingerprint density at radius 3 is 2.19 bits per heavy atom. The molecule has 5 rings (SSSR count). The van der Waals surface area contributed by atoms with E-state index in [1.807, 2.05) is 35.2 Å². The van der Waals surface area contributed by atoms with Crippen LogP contribution in [0.3, 0.4) is 0 Å². The van der Waals surface area contributed by atoms with Gasteiger partial charge in [0, 0.05) is 38.3 Å². The Bertz CT molecular complexity index is 857. The van der Waals surface area contributed by atoms with Crippen LogP contribution in [0.5, 0.6) is 0 Å². The maximum atomic E-state index is 12.8. The molecule has 1 unspecified atom stereocenters. The van der Waals surface area contributed by atoms with Crippen LogP contribution in [0.1, 0.15) is 49.7 Å². The SMILES string of the molecule is O=C(Cc1ccccc1)N1CCC2(CC1)CC(N(Cc1ccccc1)C1CC1)CCO2. The van der Waals surface area contributed by atoms with Gasteiger partial charge in [0.15, 0.2) is 0 Å². The standard InChI is InChI=1S/C27H34N2O2/c30-26(19-22-7-3-1-4-8-22)28-16-14-27(15-17-28)20-25(13-18-31-27)29(24-11-12-24)21-23-9-5-2-6-10-23/h1-10,24-25H,11-21H2. The number of piperidine rings is 1. The van der Waals surface area contributed by atoms with Gasteiger partial charge in [0.25, 0.3) is 0 Å². The van der Waals surface area contributed by atoms with Gasteiger partial charge in [-0.1, -0.05) is 60.7 Å². The molecule has 3 aliphatic rings. The van der Waals surface area contributed by atoms with E-state index in [1.54, 1.807) is 0 Å². The van der Waals surface area contributed by atoms with Crippen LogP contribution in [-0.2, 0) is 22.5 Å². The van der Waals surface area contributed by atoms with E-state index in [-0.39, 0.29) is 11.5 Å². The van der Waals surface area contributed by atoms with Crippen molar-refractivity contribution in [3.8, 4) is 0 Å². The van der Waals surface area contributed by atoms with Crippen LogP contribution in [0.2, 0.25) is 0 Å². The van der Waals surface area contributed by atoms with E-state index in [2.05, 4.69) is 35.2 Å². The molecule has 0 bridgehead atoms. The Hall–Kier alpha value is -2.17. The Morgan fingerprint density at radius 2 is 1.55 bits per heavy atom. The maximum Gasteiger partial charge on any atom is 0.226 e. The zero-order valence-electron chi connectivity index (χ0n) is 18.4. The van der Waals surface area contributed by atoms with Crippen LogP contribution in [0.25, 0.3) is 0 Å². The van der Waals surface area contributed by atoms with Crippen molar-refractivity contribution in [2.45, 2.75) is 69.2 Å². The number of hydrogen-bond donors (Lipinski definition) is 0. The normalized spacial score (nSPS) is 23.3. The van der Waals surface area contributed by atoms with Gasteiger partial charge in [-0.3, -0.25) is 9.69 Å². The Kier molecular flexibility index (Phi) is 6.10. The predicted molar refractivity (Wildman–Crippen MR) is 123 cm³/mol. The first kappa shape index (κ1) is 20.7. The number of carbonyl (C=O) groups excluding carboxylic acids is 1. The van der Waals surface area contributed by atoms with Gasteiger partial charge < -0.3 is 9.64 Å². The number of hydrogen-bond acceptors (Lipinski definition) is 3. The minimum Gasteiger partial charge on any atom is -0.375 e. The monoisotopic (exact) mass is 418 g/mol. The largest absolute Gasteiger partial charge is 0.375 e. The van der Waals surface area contributed by atoms with Crippen LogP contribution in [0, 0.1) is 0 Å². The molecule has 31 heavy (non-hydrogen) atoms. The third-order valence-electron chi connectivity index (χ3n) is 7.39. The molecular formula is C27H34N2O2. The second-order valence-electron chi connectivity index (χ2n) is 9.61. The first-order valence-corrected chi connectivity index (χ1v) is 12.0. The molecule has 0 aromatic heterocycles. The second-order valence-corrected chi connectivity index (χ2v) is 9.61. The molecule has 2 aromatic rings. The number of carbonyl (C=O) groups is 1. The Balaban J connectivity index is 1.19. The molecule has 2 aliphatic heterocycles. The lowest BCUT2D eigenvalue weighted by Crippen LogP contribution is -2.54. The topological polar surface area (TPSA) is 32.8 Å². The molecular weight excluding hydrogens is 384 g/mol. The van der Waals surface area contributed by atoms with Crippen molar-refractivity contribution in [1.82, 2.24) is 9.80 Å². The summed E-state index contributed by atoms with van der Waals surface area (Å²) in [5.74, 6) is 0.247. The highest BCUT2D eigenvalue weighted by atomic mass is 16.5. The molecule has 3 fully saturated rings. The number of rotatable bonds is 6. The third-order valence-corrected chi connectivity index (χ3v) is 7.39. The first-order valence-electron chi connectivity index (χ1n) is 12.0. The highest BCUT2D eigenvalue weighted by molar-refractivity contribution is 5.78. The summed E-state index contributed by atoms with van der Waals surface area (Å²) in [4.78, 5) is 17.6. The molecule has 4 nitrogen and oxygen atoms in total. The lowest BCUT2D eigenvalue weighted by molar-refractivity contribution is -0.149. The van der Waals surface area contributed by atoms with Gasteiger partial charge in [-0.25, -0.2) is 0 Å². The number of benzene rings is 2. The first-order chi connectivity index (χ1) is 15.2. The fourth-order valence-corrected chi connectivity index (χ4v) is 5.44. The average molecular weight is 419 g/mol. The van der Waals surface area contributed by atoms with Crippen LogP contribution >= 0.6 is 0 Å². The molecule has 0 N–H and O–H groups in total. The zero-order valence-corrected chi connectivity index (χ0v) is 18.4. The summed E-state index contributed by atoms with van der Waals surface area (Å²) in [5, 5.41) is 0. The summed E-state index contributed by atoms with van der Waals surface area (Å²) in [7, 11) is 0. The average Bonchev–Trinajstić information content (AvgIpc) is 3.65. The van der Waals surface area contributed by atoms with Crippen molar-refractivity contribution in [2.75, 3.05) is 19.7 Å². The molecule has 164 valence electrons. The Morgan fingerprint density at radius 1 is 0.903 bits per heavy atom. The van der Waals surface area contributed by atoms with Gasteiger partial charge in [0.2, 0.25) is 5.91 Å². The van der Waals surface area contributed by atoms with E-state index in [1.165, 1.54) is 18.4 Å². The minimum absolute atomic E-state index is 0.0454. The van der Waals surface area contributed by atoms with E-state index in [4.69, 9.17) is 4.74 Å². The smallest absolute Gasteiger partial charge is 0.226 e. The maximum absolute atomic E-state index is 12.8. The van der Waals surface area contributed by atoms with Crippen molar-refractivity contribution < 1.29 is 9.53 Å². The summed E-state index contributed by atoms with van der Waals surface area (Å²) in [6.07, 6.45) is 7.34. The summed E-state index contributed by atoms with van der Waals surface area (Å²) in [5.41, 5.74) is 2.47.